The second kappa shape index (κ2) is 5.49. The van der Waals surface area contributed by atoms with Gasteiger partial charge in [-0.2, -0.15) is 9.97 Å². The number of hydrogen-bond acceptors (Lipinski definition) is 7. The highest BCUT2D eigenvalue weighted by molar-refractivity contribution is 6.02. The lowest BCUT2D eigenvalue weighted by Gasteiger charge is -2.22. The average molecular weight is 279 g/mol. The van der Waals surface area contributed by atoms with Gasteiger partial charge in [0, 0.05) is 13.2 Å². The Labute approximate surface area is 116 Å². The first-order valence-electron chi connectivity index (χ1n) is 6.64. The minimum absolute atomic E-state index is 0.163. The molecule has 2 aliphatic heterocycles. The van der Waals surface area contributed by atoms with Gasteiger partial charge in [0.2, 0.25) is 5.91 Å². The van der Waals surface area contributed by atoms with E-state index in [0.29, 0.717) is 24.0 Å². The van der Waals surface area contributed by atoms with E-state index in [-0.39, 0.29) is 24.3 Å². The molecule has 0 saturated carbocycles. The summed E-state index contributed by atoms with van der Waals surface area (Å²) in [5.41, 5.74) is 6.22. The van der Waals surface area contributed by atoms with Crippen molar-refractivity contribution >= 4 is 23.2 Å². The Kier molecular flexibility index (Phi) is 3.55. The molecule has 3 heterocycles. The van der Waals surface area contributed by atoms with Gasteiger partial charge in [0.15, 0.2) is 11.6 Å². The van der Waals surface area contributed by atoms with Crippen LogP contribution < -0.4 is 21.1 Å². The maximum atomic E-state index is 11.3. The fourth-order valence-corrected chi connectivity index (χ4v) is 2.23. The van der Waals surface area contributed by atoms with E-state index in [9.17, 15) is 4.79 Å². The normalized spacial score (nSPS) is 18.9. The monoisotopic (exact) mass is 279 g/mol. The Morgan fingerprint density at radius 1 is 1.35 bits per heavy atom. The van der Waals surface area contributed by atoms with Crippen LogP contribution in [-0.2, 0) is 9.53 Å². The molecule has 8 nitrogen and oxygen atoms in total. The van der Waals surface area contributed by atoms with Crippen LogP contribution in [0.25, 0.3) is 0 Å². The number of fused-ring (bicyclic) bond motifs is 1. The van der Waals surface area contributed by atoms with Gasteiger partial charge in [-0.05, 0) is 18.8 Å². The Hall–Kier alpha value is -2.09. The van der Waals surface area contributed by atoms with Gasteiger partial charge < -0.3 is 25.8 Å². The molecule has 4 N–H and O–H groups in total. The highest BCUT2D eigenvalue weighted by atomic mass is 16.5. The SMILES string of the molecule is Nc1nc(OCC2CCOCC2)nc2c1NC(=O)CN2. The third-order valence-electron chi connectivity index (χ3n) is 3.39. The van der Waals surface area contributed by atoms with Crippen LogP contribution in [-0.4, -0.2) is 42.2 Å². The van der Waals surface area contributed by atoms with E-state index in [1.807, 2.05) is 0 Å². The third-order valence-corrected chi connectivity index (χ3v) is 3.39. The van der Waals surface area contributed by atoms with Gasteiger partial charge >= 0.3 is 6.01 Å². The Morgan fingerprint density at radius 2 is 2.15 bits per heavy atom. The summed E-state index contributed by atoms with van der Waals surface area (Å²) >= 11 is 0. The number of amides is 1. The average Bonchev–Trinajstić information content (AvgIpc) is 2.47. The van der Waals surface area contributed by atoms with Crippen molar-refractivity contribution in [2.75, 3.05) is 42.7 Å². The number of aromatic nitrogens is 2. The number of anilines is 3. The van der Waals surface area contributed by atoms with E-state index in [1.54, 1.807) is 0 Å². The zero-order valence-electron chi connectivity index (χ0n) is 11.0. The van der Waals surface area contributed by atoms with E-state index >= 15 is 0 Å². The lowest BCUT2D eigenvalue weighted by molar-refractivity contribution is -0.114. The summed E-state index contributed by atoms with van der Waals surface area (Å²) in [4.78, 5) is 19.6. The zero-order valence-corrected chi connectivity index (χ0v) is 11.0. The fourth-order valence-electron chi connectivity index (χ4n) is 2.23. The second-order valence-electron chi connectivity index (χ2n) is 4.88. The Balaban J connectivity index is 1.68. The number of nitrogens with two attached hydrogens (primary N) is 1. The van der Waals surface area contributed by atoms with Gasteiger partial charge in [0.05, 0.1) is 13.2 Å². The first-order valence-corrected chi connectivity index (χ1v) is 6.64. The molecule has 1 aromatic heterocycles. The molecule has 1 saturated heterocycles. The molecule has 0 atom stereocenters. The lowest BCUT2D eigenvalue weighted by Crippen LogP contribution is -2.29. The highest BCUT2D eigenvalue weighted by Gasteiger charge is 2.21. The molecule has 0 bridgehead atoms. The summed E-state index contributed by atoms with van der Waals surface area (Å²) in [5.74, 6) is 0.998. The minimum Gasteiger partial charge on any atom is -0.463 e. The molecule has 20 heavy (non-hydrogen) atoms. The van der Waals surface area contributed by atoms with E-state index in [1.165, 1.54) is 0 Å². The van der Waals surface area contributed by atoms with Crippen molar-refractivity contribution in [3.8, 4) is 6.01 Å². The van der Waals surface area contributed by atoms with Crippen LogP contribution >= 0.6 is 0 Å². The van der Waals surface area contributed by atoms with Gasteiger partial charge in [-0.15, -0.1) is 0 Å². The Morgan fingerprint density at radius 3 is 2.95 bits per heavy atom. The maximum Gasteiger partial charge on any atom is 0.320 e. The minimum atomic E-state index is -0.163. The smallest absolute Gasteiger partial charge is 0.320 e. The summed E-state index contributed by atoms with van der Waals surface area (Å²) in [6.07, 6.45) is 1.96. The summed E-state index contributed by atoms with van der Waals surface area (Å²) < 4.78 is 10.9. The lowest BCUT2D eigenvalue weighted by atomic mass is 10.0. The molecule has 1 fully saturated rings. The number of nitrogens with zero attached hydrogens (tertiary/aromatic N) is 2. The van der Waals surface area contributed by atoms with Crippen molar-refractivity contribution < 1.29 is 14.3 Å². The van der Waals surface area contributed by atoms with Crippen molar-refractivity contribution in [3.05, 3.63) is 0 Å². The van der Waals surface area contributed by atoms with Gasteiger partial charge in [-0.25, -0.2) is 0 Å². The van der Waals surface area contributed by atoms with Gasteiger partial charge in [-0.3, -0.25) is 4.79 Å². The first-order chi connectivity index (χ1) is 9.72. The van der Waals surface area contributed by atoms with Crippen LogP contribution in [0, 0.1) is 5.92 Å². The summed E-state index contributed by atoms with van der Waals surface area (Å²) in [7, 11) is 0. The van der Waals surface area contributed by atoms with Crippen molar-refractivity contribution in [2.24, 2.45) is 5.92 Å². The molecule has 0 aliphatic carbocycles. The quantitative estimate of drug-likeness (QED) is 0.726. The molecule has 1 amide bonds. The zero-order chi connectivity index (χ0) is 13.9. The van der Waals surface area contributed by atoms with Gasteiger partial charge in [-0.1, -0.05) is 0 Å². The van der Waals surface area contributed by atoms with Gasteiger partial charge in [0.1, 0.15) is 5.69 Å². The molecular weight excluding hydrogens is 262 g/mol. The Bertz CT molecular complexity index is 516. The van der Waals surface area contributed by atoms with E-state index < -0.39 is 0 Å². The predicted molar refractivity (Wildman–Crippen MR) is 72.6 cm³/mol. The largest absolute Gasteiger partial charge is 0.463 e. The van der Waals surface area contributed by atoms with Crippen LogP contribution in [0.1, 0.15) is 12.8 Å². The number of carbonyl (C=O) groups is 1. The molecule has 8 heteroatoms. The van der Waals surface area contributed by atoms with Crippen LogP contribution in [0.3, 0.4) is 0 Å². The number of nitrogens with one attached hydrogen (secondary N) is 2. The van der Waals surface area contributed by atoms with E-state index in [4.69, 9.17) is 15.2 Å². The highest BCUT2D eigenvalue weighted by Crippen LogP contribution is 2.29. The topological polar surface area (TPSA) is 111 Å². The summed E-state index contributed by atoms with van der Waals surface area (Å²) in [6.45, 7) is 2.26. The predicted octanol–water partition coefficient (Wildman–Crippen LogP) is 0.228. The van der Waals surface area contributed by atoms with Crippen LogP contribution in [0.4, 0.5) is 17.3 Å². The van der Waals surface area contributed by atoms with E-state index in [2.05, 4.69) is 20.6 Å². The molecule has 0 unspecified atom stereocenters. The molecular formula is C12H17N5O3. The van der Waals surface area contributed by atoms with Crippen LogP contribution in [0.5, 0.6) is 6.01 Å². The maximum absolute atomic E-state index is 11.3. The molecule has 0 spiro atoms. The summed E-state index contributed by atoms with van der Waals surface area (Å²) in [6, 6.07) is 0.233. The van der Waals surface area contributed by atoms with Crippen molar-refractivity contribution in [3.63, 3.8) is 0 Å². The fraction of sp³-hybridized carbons (Fsp3) is 0.583. The number of nitrogen functional groups attached to an aromatic ring is 1. The molecule has 3 rings (SSSR count). The van der Waals surface area contributed by atoms with Gasteiger partial charge in [0.25, 0.3) is 0 Å². The third kappa shape index (κ3) is 2.74. The van der Waals surface area contributed by atoms with Crippen LogP contribution in [0.2, 0.25) is 0 Å². The second-order valence-corrected chi connectivity index (χ2v) is 4.88. The van der Waals surface area contributed by atoms with Crippen molar-refractivity contribution in [2.45, 2.75) is 12.8 Å². The molecule has 2 aliphatic rings. The van der Waals surface area contributed by atoms with Crippen molar-refractivity contribution in [1.29, 1.82) is 0 Å². The number of hydrogen-bond donors (Lipinski definition) is 3. The number of ether oxygens (including phenoxy) is 2. The van der Waals surface area contributed by atoms with Crippen LogP contribution in [0.15, 0.2) is 0 Å². The van der Waals surface area contributed by atoms with Crippen molar-refractivity contribution in [1.82, 2.24) is 9.97 Å². The summed E-state index contributed by atoms with van der Waals surface area (Å²) in [5, 5.41) is 5.53. The first kappa shape index (κ1) is 12.9. The van der Waals surface area contributed by atoms with E-state index in [0.717, 1.165) is 26.1 Å². The molecule has 0 aromatic carbocycles. The molecule has 108 valence electrons. The molecule has 1 aromatic rings. The number of carbonyl (C=O) groups excluding carboxylic acids is 1. The standard InChI is InChI=1S/C12H17N5O3/c13-10-9-11(14-5-8(18)15-9)17-12(16-10)20-6-7-1-3-19-4-2-7/h7H,1-6H2,(H,15,18)(H3,13,14,16,17). The molecule has 0 radical (unpaired) electrons. The number of rotatable bonds is 3.